The topological polar surface area (TPSA) is 69.7 Å². The molecule has 0 radical (unpaired) electrons. The van der Waals surface area contributed by atoms with Gasteiger partial charge in [0.15, 0.2) is 0 Å². The van der Waals surface area contributed by atoms with Crippen molar-refractivity contribution in [3.8, 4) is 0 Å². The maximum atomic E-state index is 13.1. The molecule has 7 heteroatoms. The van der Waals surface area contributed by atoms with Crippen molar-refractivity contribution < 1.29 is 18.8 Å². The van der Waals surface area contributed by atoms with E-state index in [4.69, 9.17) is 0 Å². The molecule has 25 heavy (non-hydrogen) atoms. The molecule has 1 aromatic carbocycles. The highest BCUT2D eigenvalue weighted by molar-refractivity contribution is 6.09. The number of carbonyl (C=O) groups is 3. The van der Waals surface area contributed by atoms with Crippen LogP contribution in [0.1, 0.15) is 39.2 Å². The minimum atomic E-state index is -1.30. The molecule has 6 nitrogen and oxygen atoms in total. The summed E-state index contributed by atoms with van der Waals surface area (Å²) in [6, 6.07) is 4.77. The van der Waals surface area contributed by atoms with E-state index >= 15 is 0 Å². The van der Waals surface area contributed by atoms with E-state index in [1.54, 1.807) is 11.8 Å². The molecule has 1 aliphatic heterocycles. The highest BCUT2D eigenvalue weighted by Gasteiger charge is 2.49. The Bertz CT molecular complexity index is 656. The van der Waals surface area contributed by atoms with Gasteiger partial charge < -0.3 is 10.2 Å². The maximum absolute atomic E-state index is 13.1. The van der Waals surface area contributed by atoms with Crippen LogP contribution in [0.2, 0.25) is 0 Å². The van der Waals surface area contributed by atoms with Gasteiger partial charge in [0, 0.05) is 13.1 Å². The molecule has 1 N–H and O–H groups in total. The van der Waals surface area contributed by atoms with Gasteiger partial charge in [-0.1, -0.05) is 26.0 Å². The first-order valence-corrected chi connectivity index (χ1v) is 8.51. The summed E-state index contributed by atoms with van der Waals surface area (Å²) >= 11 is 0. The first-order chi connectivity index (χ1) is 11.8. The largest absolute Gasteiger partial charge is 0.341 e. The molecule has 4 amide bonds. The van der Waals surface area contributed by atoms with Crippen LogP contribution in [-0.4, -0.2) is 47.3 Å². The first kappa shape index (κ1) is 18.9. The summed E-state index contributed by atoms with van der Waals surface area (Å²) in [5.74, 6) is -1.19. The lowest BCUT2D eigenvalue weighted by Gasteiger charge is -2.25. The van der Waals surface area contributed by atoms with Crippen molar-refractivity contribution >= 4 is 17.8 Å². The molecule has 0 bridgehead atoms. The predicted molar refractivity (Wildman–Crippen MR) is 91.2 cm³/mol. The highest BCUT2D eigenvalue weighted by Crippen LogP contribution is 2.28. The zero-order valence-electron chi connectivity index (χ0n) is 14.8. The monoisotopic (exact) mass is 349 g/mol. The van der Waals surface area contributed by atoms with Crippen LogP contribution in [0.4, 0.5) is 9.18 Å². The Morgan fingerprint density at radius 3 is 2.24 bits per heavy atom. The molecule has 0 aliphatic carbocycles. The Hall–Kier alpha value is -2.44. The van der Waals surface area contributed by atoms with Crippen LogP contribution in [0.25, 0.3) is 0 Å². The lowest BCUT2D eigenvalue weighted by Crippen LogP contribution is -2.45. The average Bonchev–Trinajstić information content (AvgIpc) is 2.79. The van der Waals surface area contributed by atoms with Crippen molar-refractivity contribution in [3.63, 3.8) is 0 Å². The lowest BCUT2D eigenvalue weighted by atomic mass is 9.92. The SMILES string of the molecule is CCCN(CCC)C(=O)CN1C(=O)NC(C)(c2ccc(F)cc2)C1=O. The van der Waals surface area contributed by atoms with Gasteiger partial charge in [0.05, 0.1) is 0 Å². The number of benzene rings is 1. The summed E-state index contributed by atoms with van der Waals surface area (Å²) in [5, 5.41) is 2.62. The van der Waals surface area contributed by atoms with Gasteiger partial charge in [-0.05, 0) is 37.5 Å². The third kappa shape index (κ3) is 3.81. The molecular weight excluding hydrogens is 325 g/mol. The van der Waals surface area contributed by atoms with E-state index in [2.05, 4.69) is 5.32 Å². The summed E-state index contributed by atoms with van der Waals surface area (Å²) in [5.41, 5.74) is -0.827. The minimum Gasteiger partial charge on any atom is -0.341 e. The number of carbonyl (C=O) groups excluding carboxylic acids is 3. The van der Waals surface area contributed by atoms with Crippen LogP contribution in [0.5, 0.6) is 0 Å². The van der Waals surface area contributed by atoms with Crippen LogP contribution in [-0.2, 0) is 15.1 Å². The highest BCUT2D eigenvalue weighted by atomic mass is 19.1. The number of imide groups is 1. The predicted octanol–water partition coefficient (Wildman–Crippen LogP) is 2.24. The van der Waals surface area contributed by atoms with Crippen molar-refractivity contribution in [2.75, 3.05) is 19.6 Å². The van der Waals surface area contributed by atoms with Crippen molar-refractivity contribution in [3.05, 3.63) is 35.6 Å². The third-order valence-corrected chi connectivity index (χ3v) is 4.33. The van der Waals surface area contributed by atoms with E-state index in [1.165, 1.54) is 24.3 Å². The standard InChI is InChI=1S/C18H24FN3O3/c1-4-10-21(11-5-2)15(23)12-22-16(24)18(3,20-17(22)25)13-6-8-14(19)9-7-13/h6-9H,4-5,10-12H2,1-3H3,(H,20,25). The molecular formula is C18H24FN3O3. The van der Waals surface area contributed by atoms with Gasteiger partial charge in [0.25, 0.3) is 5.91 Å². The molecule has 2 rings (SSSR count). The molecule has 1 saturated heterocycles. The van der Waals surface area contributed by atoms with Crippen molar-refractivity contribution in [1.82, 2.24) is 15.1 Å². The Morgan fingerprint density at radius 2 is 1.72 bits per heavy atom. The summed E-state index contributed by atoms with van der Waals surface area (Å²) in [7, 11) is 0. The van der Waals surface area contributed by atoms with E-state index in [0.717, 1.165) is 17.7 Å². The number of amides is 4. The van der Waals surface area contributed by atoms with Crippen LogP contribution < -0.4 is 5.32 Å². The zero-order valence-corrected chi connectivity index (χ0v) is 14.8. The van der Waals surface area contributed by atoms with Crippen molar-refractivity contribution in [1.29, 1.82) is 0 Å². The number of hydrogen-bond donors (Lipinski definition) is 1. The third-order valence-electron chi connectivity index (χ3n) is 4.33. The molecule has 1 heterocycles. The number of hydrogen-bond acceptors (Lipinski definition) is 3. The van der Waals surface area contributed by atoms with Crippen LogP contribution in [0, 0.1) is 5.82 Å². The van der Waals surface area contributed by atoms with E-state index in [0.29, 0.717) is 18.7 Å². The molecule has 0 spiro atoms. The number of nitrogens with zero attached hydrogens (tertiary/aromatic N) is 2. The summed E-state index contributed by atoms with van der Waals surface area (Å²) < 4.78 is 13.1. The lowest BCUT2D eigenvalue weighted by molar-refractivity contribution is -0.139. The average molecular weight is 349 g/mol. The summed E-state index contributed by atoms with van der Waals surface area (Å²) in [4.78, 5) is 40.1. The zero-order chi connectivity index (χ0) is 18.6. The molecule has 0 aromatic heterocycles. The van der Waals surface area contributed by atoms with Crippen molar-refractivity contribution in [2.45, 2.75) is 39.2 Å². The van der Waals surface area contributed by atoms with Gasteiger partial charge in [0.2, 0.25) is 5.91 Å². The maximum Gasteiger partial charge on any atom is 0.325 e. The van der Waals surface area contributed by atoms with E-state index < -0.39 is 23.3 Å². The molecule has 136 valence electrons. The number of halogens is 1. The molecule has 1 aromatic rings. The summed E-state index contributed by atoms with van der Waals surface area (Å²) in [6.07, 6.45) is 1.61. The van der Waals surface area contributed by atoms with Gasteiger partial charge >= 0.3 is 6.03 Å². The van der Waals surface area contributed by atoms with E-state index in [1.807, 2.05) is 13.8 Å². The Balaban J connectivity index is 2.17. The fourth-order valence-corrected chi connectivity index (χ4v) is 2.96. The van der Waals surface area contributed by atoms with E-state index in [9.17, 15) is 18.8 Å². The quantitative estimate of drug-likeness (QED) is 0.768. The molecule has 1 unspecified atom stereocenters. The number of nitrogens with one attached hydrogen (secondary N) is 1. The fraction of sp³-hybridized carbons (Fsp3) is 0.500. The smallest absolute Gasteiger partial charge is 0.325 e. The minimum absolute atomic E-state index is 0.254. The Kier molecular flexibility index (Phi) is 5.77. The van der Waals surface area contributed by atoms with Crippen LogP contribution in [0.3, 0.4) is 0 Å². The van der Waals surface area contributed by atoms with Crippen LogP contribution >= 0.6 is 0 Å². The molecule has 1 atom stereocenters. The second kappa shape index (κ2) is 7.63. The second-order valence-corrected chi connectivity index (χ2v) is 6.33. The molecule has 1 aliphatic rings. The number of urea groups is 1. The Labute approximate surface area is 147 Å². The van der Waals surface area contributed by atoms with Crippen LogP contribution in [0.15, 0.2) is 24.3 Å². The van der Waals surface area contributed by atoms with E-state index in [-0.39, 0.29) is 12.5 Å². The normalized spacial score (nSPS) is 19.9. The second-order valence-electron chi connectivity index (χ2n) is 6.33. The van der Waals surface area contributed by atoms with Gasteiger partial charge in [-0.25, -0.2) is 9.18 Å². The first-order valence-electron chi connectivity index (χ1n) is 8.51. The van der Waals surface area contributed by atoms with Crippen molar-refractivity contribution in [2.24, 2.45) is 0 Å². The Morgan fingerprint density at radius 1 is 1.16 bits per heavy atom. The van der Waals surface area contributed by atoms with Gasteiger partial charge in [-0.3, -0.25) is 14.5 Å². The summed E-state index contributed by atoms with van der Waals surface area (Å²) in [6.45, 7) is 6.38. The van der Waals surface area contributed by atoms with Gasteiger partial charge in [-0.2, -0.15) is 0 Å². The van der Waals surface area contributed by atoms with Gasteiger partial charge in [0.1, 0.15) is 17.9 Å². The molecule has 0 saturated carbocycles. The number of rotatable bonds is 7. The molecule has 1 fully saturated rings. The fourth-order valence-electron chi connectivity index (χ4n) is 2.96. The van der Waals surface area contributed by atoms with Gasteiger partial charge in [-0.15, -0.1) is 0 Å².